The molecule has 0 aromatic heterocycles. The Labute approximate surface area is 165 Å². The minimum absolute atomic E-state index is 0.0507. The van der Waals surface area contributed by atoms with Crippen molar-refractivity contribution in [3.63, 3.8) is 0 Å². The van der Waals surface area contributed by atoms with E-state index < -0.39 is 11.7 Å². The summed E-state index contributed by atoms with van der Waals surface area (Å²) in [6.45, 7) is 5.51. The number of amides is 2. The van der Waals surface area contributed by atoms with Gasteiger partial charge in [-0.15, -0.1) is 0 Å². The number of carbonyl (C=O) groups excluding carboxylic acids is 2. The molecule has 27 heavy (non-hydrogen) atoms. The van der Waals surface area contributed by atoms with Gasteiger partial charge in [0.2, 0.25) is 5.91 Å². The highest BCUT2D eigenvalue weighted by Gasteiger charge is 2.33. The molecule has 6 nitrogen and oxygen atoms in total. The van der Waals surface area contributed by atoms with Gasteiger partial charge in [-0.2, -0.15) is 0 Å². The van der Waals surface area contributed by atoms with E-state index in [4.69, 9.17) is 16.3 Å². The molecule has 1 aliphatic carbocycles. The number of halogens is 1. The third-order valence-corrected chi connectivity index (χ3v) is 5.17. The third kappa shape index (κ3) is 5.28. The average Bonchev–Trinajstić information content (AvgIpc) is 2.98. The summed E-state index contributed by atoms with van der Waals surface area (Å²) in [5.41, 5.74) is 1.46. The van der Waals surface area contributed by atoms with Gasteiger partial charge in [0, 0.05) is 23.2 Å². The number of rotatable bonds is 3. The zero-order chi connectivity index (χ0) is 19.6. The standard InChI is InChI=1S/C20H28ClN3O3/c1-20(2,3)27-19(26)24-16-7-5-4-6-15(16)23-18(25)17-11-12-10-13(21)8-9-14(12)22-17/h8-10,15-17,22H,4-7,11H2,1-3H3,(H,23,25)(H,24,26)/t15-,16?,17?/m1/s1. The van der Waals surface area contributed by atoms with Crippen molar-refractivity contribution in [1.82, 2.24) is 10.6 Å². The van der Waals surface area contributed by atoms with E-state index in [-0.39, 0.29) is 24.0 Å². The van der Waals surface area contributed by atoms with Crippen molar-refractivity contribution in [2.24, 2.45) is 0 Å². The average molecular weight is 394 g/mol. The monoisotopic (exact) mass is 393 g/mol. The Kier molecular flexibility index (Phi) is 5.84. The van der Waals surface area contributed by atoms with Crippen LogP contribution in [0, 0.1) is 0 Å². The highest BCUT2D eigenvalue weighted by molar-refractivity contribution is 6.30. The minimum Gasteiger partial charge on any atom is -0.444 e. The molecule has 148 valence electrons. The van der Waals surface area contributed by atoms with Crippen LogP contribution in [0.4, 0.5) is 10.5 Å². The van der Waals surface area contributed by atoms with E-state index in [1.54, 1.807) is 0 Å². The van der Waals surface area contributed by atoms with Gasteiger partial charge in [-0.3, -0.25) is 4.79 Å². The lowest BCUT2D eigenvalue weighted by Gasteiger charge is -2.34. The molecule has 2 unspecified atom stereocenters. The number of fused-ring (bicyclic) bond motifs is 1. The van der Waals surface area contributed by atoms with Gasteiger partial charge in [0.1, 0.15) is 11.6 Å². The van der Waals surface area contributed by atoms with Crippen molar-refractivity contribution >= 4 is 29.3 Å². The topological polar surface area (TPSA) is 79.5 Å². The molecule has 3 N–H and O–H groups in total. The first-order valence-corrected chi connectivity index (χ1v) is 9.94. The van der Waals surface area contributed by atoms with Gasteiger partial charge in [0.05, 0.1) is 6.04 Å². The fourth-order valence-corrected chi connectivity index (χ4v) is 3.90. The van der Waals surface area contributed by atoms with E-state index in [0.29, 0.717) is 11.4 Å². The van der Waals surface area contributed by atoms with Crippen molar-refractivity contribution in [1.29, 1.82) is 0 Å². The van der Waals surface area contributed by atoms with Crippen molar-refractivity contribution in [3.05, 3.63) is 28.8 Å². The smallest absolute Gasteiger partial charge is 0.407 e. The van der Waals surface area contributed by atoms with Crippen molar-refractivity contribution in [3.8, 4) is 0 Å². The molecule has 1 aromatic rings. The van der Waals surface area contributed by atoms with Crippen LogP contribution in [0.2, 0.25) is 5.02 Å². The van der Waals surface area contributed by atoms with E-state index in [9.17, 15) is 9.59 Å². The number of benzene rings is 1. The Morgan fingerprint density at radius 1 is 1.15 bits per heavy atom. The molecular weight excluding hydrogens is 366 g/mol. The number of ether oxygens (including phenoxy) is 1. The molecular formula is C20H28ClN3O3. The van der Waals surface area contributed by atoms with Gasteiger partial charge < -0.3 is 20.7 Å². The molecule has 1 saturated carbocycles. The van der Waals surface area contributed by atoms with Crippen molar-refractivity contribution < 1.29 is 14.3 Å². The van der Waals surface area contributed by atoms with Gasteiger partial charge in [-0.25, -0.2) is 4.79 Å². The summed E-state index contributed by atoms with van der Waals surface area (Å²) in [6.07, 6.45) is 3.91. The highest BCUT2D eigenvalue weighted by Crippen LogP contribution is 2.29. The zero-order valence-corrected chi connectivity index (χ0v) is 16.9. The predicted molar refractivity (Wildman–Crippen MR) is 106 cm³/mol. The summed E-state index contributed by atoms with van der Waals surface area (Å²) >= 11 is 6.04. The quantitative estimate of drug-likeness (QED) is 0.732. The molecule has 3 rings (SSSR count). The van der Waals surface area contributed by atoms with Crippen LogP contribution in [0.3, 0.4) is 0 Å². The summed E-state index contributed by atoms with van der Waals surface area (Å²) in [7, 11) is 0. The van der Waals surface area contributed by atoms with Gasteiger partial charge >= 0.3 is 6.09 Å². The molecule has 0 saturated heterocycles. The van der Waals surface area contributed by atoms with Crippen LogP contribution in [0.15, 0.2) is 18.2 Å². The predicted octanol–water partition coefficient (Wildman–Crippen LogP) is 3.63. The van der Waals surface area contributed by atoms with Crippen LogP contribution in [0.25, 0.3) is 0 Å². The fraction of sp³-hybridized carbons (Fsp3) is 0.600. The van der Waals surface area contributed by atoms with E-state index in [2.05, 4.69) is 16.0 Å². The molecule has 2 amide bonds. The van der Waals surface area contributed by atoms with Gasteiger partial charge in [0.15, 0.2) is 0 Å². The number of hydrogen-bond donors (Lipinski definition) is 3. The molecule has 1 fully saturated rings. The van der Waals surface area contributed by atoms with Crippen LogP contribution >= 0.6 is 11.6 Å². The number of anilines is 1. The first-order chi connectivity index (χ1) is 12.7. The van der Waals surface area contributed by atoms with Crippen molar-refractivity contribution in [2.75, 3.05) is 5.32 Å². The lowest BCUT2D eigenvalue weighted by Crippen LogP contribution is -2.56. The first kappa shape index (κ1) is 19.8. The highest BCUT2D eigenvalue weighted by atomic mass is 35.5. The lowest BCUT2D eigenvalue weighted by atomic mass is 9.90. The van der Waals surface area contributed by atoms with Crippen LogP contribution in [0.5, 0.6) is 0 Å². The summed E-state index contributed by atoms with van der Waals surface area (Å²) < 4.78 is 5.36. The lowest BCUT2D eigenvalue weighted by molar-refractivity contribution is -0.122. The molecule has 2 aliphatic rings. The van der Waals surface area contributed by atoms with Gasteiger partial charge in [-0.1, -0.05) is 24.4 Å². The van der Waals surface area contributed by atoms with Crippen LogP contribution in [-0.2, 0) is 16.0 Å². The van der Waals surface area contributed by atoms with E-state index in [0.717, 1.165) is 36.9 Å². The summed E-state index contributed by atoms with van der Waals surface area (Å²) in [5.74, 6) is -0.0507. The fourth-order valence-electron chi connectivity index (χ4n) is 3.71. The largest absolute Gasteiger partial charge is 0.444 e. The molecule has 1 aliphatic heterocycles. The van der Waals surface area contributed by atoms with Gasteiger partial charge in [-0.05, 0) is 57.4 Å². The summed E-state index contributed by atoms with van der Waals surface area (Å²) in [5, 5.41) is 9.98. The van der Waals surface area contributed by atoms with Crippen LogP contribution in [0.1, 0.15) is 52.0 Å². The maximum atomic E-state index is 12.8. The second-order valence-electron chi connectivity index (χ2n) is 8.35. The molecule has 3 atom stereocenters. The zero-order valence-electron chi connectivity index (χ0n) is 16.1. The van der Waals surface area contributed by atoms with E-state index in [1.165, 1.54) is 0 Å². The molecule has 1 heterocycles. The normalized spacial score (nSPS) is 24.5. The first-order valence-electron chi connectivity index (χ1n) is 9.56. The maximum Gasteiger partial charge on any atom is 0.407 e. The Hall–Kier alpha value is -1.95. The Bertz CT molecular complexity index is 717. The SMILES string of the molecule is CC(C)(C)OC(=O)NC1CCCC[C@H]1NC(=O)C1Cc2cc(Cl)ccc2N1. The molecule has 0 bridgehead atoms. The molecule has 7 heteroatoms. The van der Waals surface area contributed by atoms with E-state index >= 15 is 0 Å². The maximum absolute atomic E-state index is 12.8. The number of alkyl carbamates (subject to hydrolysis) is 1. The number of nitrogens with one attached hydrogen (secondary N) is 3. The molecule has 0 radical (unpaired) electrons. The molecule has 0 spiro atoms. The summed E-state index contributed by atoms with van der Waals surface area (Å²) in [6, 6.07) is 5.09. The van der Waals surface area contributed by atoms with Crippen LogP contribution in [-0.4, -0.2) is 35.7 Å². The Balaban J connectivity index is 1.58. The van der Waals surface area contributed by atoms with E-state index in [1.807, 2.05) is 39.0 Å². The molecule has 1 aromatic carbocycles. The Morgan fingerprint density at radius 2 is 1.81 bits per heavy atom. The Morgan fingerprint density at radius 3 is 2.48 bits per heavy atom. The van der Waals surface area contributed by atoms with Gasteiger partial charge in [0.25, 0.3) is 0 Å². The minimum atomic E-state index is -0.543. The second-order valence-corrected chi connectivity index (χ2v) is 8.79. The van der Waals surface area contributed by atoms with Crippen molar-refractivity contribution in [2.45, 2.75) is 76.6 Å². The van der Waals surface area contributed by atoms with Crippen LogP contribution < -0.4 is 16.0 Å². The number of hydrogen-bond acceptors (Lipinski definition) is 4. The summed E-state index contributed by atoms with van der Waals surface area (Å²) in [4.78, 5) is 24.9. The number of carbonyl (C=O) groups is 2. The third-order valence-electron chi connectivity index (χ3n) is 4.93. The second kappa shape index (κ2) is 7.97.